The number of hydrogen-bond donors (Lipinski definition) is 4. The molecule has 170 valence electrons. The number of H-pyrrole nitrogens is 1. The summed E-state index contributed by atoms with van der Waals surface area (Å²) < 4.78 is 1.78. The van der Waals surface area contributed by atoms with Crippen LogP contribution in [0.25, 0.3) is 16.7 Å². The first-order chi connectivity index (χ1) is 16.6. The summed E-state index contributed by atoms with van der Waals surface area (Å²) in [6, 6.07) is 16.4. The molecule has 0 saturated carbocycles. The van der Waals surface area contributed by atoms with E-state index in [1.165, 1.54) is 0 Å². The van der Waals surface area contributed by atoms with E-state index in [2.05, 4.69) is 30.8 Å². The van der Waals surface area contributed by atoms with Crippen LogP contribution >= 0.6 is 0 Å². The van der Waals surface area contributed by atoms with Crippen molar-refractivity contribution in [2.24, 2.45) is 0 Å². The highest BCUT2D eigenvalue weighted by molar-refractivity contribution is 5.94. The second kappa shape index (κ2) is 9.16. The Morgan fingerprint density at radius 2 is 2.00 bits per heavy atom. The van der Waals surface area contributed by atoms with E-state index >= 15 is 0 Å². The first-order valence-electron chi connectivity index (χ1n) is 10.8. The number of benzene rings is 2. The Bertz CT molecular complexity index is 1440. The molecule has 4 N–H and O–H groups in total. The van der Waals surface area contributed by atoms with E-state index < -0.39 is 6.04 Å². The van der Waals surface area contributed by atoms with Crippen molar-refractivity contribution >= 4 is 28.4 Å². The minimum Gasteiger partial charge on any atom is -0.394 e. The van der Waals surface area contributed by atoms with Crippen molar-refractivity contribution in [1.82, 2.24) is 30.0 Å². The molecule has 1 unspecified atom stereocenters. The average Bonchev–Trinajstić information content (AvgIpc) is 3.54. The van der Waals surface area contributed by atoms with E-state index in [1.54, 1.807) is 35.4 Å². The van der Waals surface area contributed by atoms with Gasteiger partial charge in [-0.15, -0.1) is 0 Å². The molecule has 5 rings (SSSR count). The van der Waals surface area contributed by atoms with Gasteiger partial charge >= 0.3 is 0 Å². The van der Waals surface area contributed by atoms with E-state index in [4.69, 9.17) is 0 Å². The number of aryl methyl sites for hydroxylation is 1. The fraction of sp³-hybridized carbons (Fsp3) is 0.120. The number of hydrogen-bond acceptors (Lipinski definition) is 6. The van der Waals surface area contributed by atoms with Crippen molar-refractivity contribution in [1.29, 1.82) is 0 Å². The lowest BCUT2D eigenvalue weighted by Crippen LogP contribution is -2.30. The van der Waals surface area contributed by atoms with E-state index in [-0.39, 0.29) is 12.5 Å². The number of aromatic nitrogens is 5. The molecule has 0 bridgehead atoms. The molecule has 0 aliphatic rings. The third-order valence-corrected chi connectivity index (χ3v) is 5.53. The number of aliphatic hydroxyl groups is 1. The number of amides is 1. The van der Waals surface area contributed by atoms with Crippen molar-refractivity contribution < 1.29 is 9.90 Å². The fourth-order valence-corrected chi connectivity index (χ4v) is 3.73. The van der Waals surface area contributed by atoms with Gasteiger partial charge in [0, 0.05) is 35.2 Å². The van der Waals surface area contributed by atoms with Gasteiger partial charge in [0.15, 0.2) is 0 Å². The maximum absolute atomic E-state index is 12.8. The molecular formula is C25H23N7O2. The van der Waals surface area contributed by atoms with E-state index in [9.17, 15) is 9.90 Å². The van der Waals surface area contributed by atoms with Gasteiger partial charge in [0.1, 0.15) is 5.82 Å². The Kier molecular flexibility index (Phi) is 5.75. The topological polar surface area (TPSA) is 121 Å². The van der Waals surface area contributed by atoms with Crippen LogP contribution in [0.1, 0.15) is 27.5 Å². The SMILES string of the molecule is Cc1cnc(Nc2ccc3[nH]ncc3c2)nc1-n1ccc(C(=O)NC(CO)c2ccccc2)c1. The van der Waals surface area contributed by atoms with Gasteiger partial charge in [0.2, 0.25) is 5.95 Å². The molecular weight excluding hydrogens is 430 g/mol. The van der Waals surface area contributed by atoms with Crippen molar-refractivity contribution in [2.75, 3.05) is 11.9 Å². The molecule has 1 atom stereocenters. The van der Waals surface area contributed by atoms with Gasteiger partial charge in [0.25, 0.3) is 5.91 Å². The maximum atomic E-state index is 12.8. The molecule has 9 nitrogen and oxygen atoms in total. The van der Waals surface area contributed by atoms with Gasteiger partial charge < -0.3 is 20.3 Å². The zero-order valence-corrected chi connectivity index (χ0v) is 18.4. The number of nitrogens with one attached hydrogen (secondary N) is 3. The Hall–Kier alpha value is -4.50. The van der Waals surface area contributed by atoms with Crippen molar-refractivity contribution in [3.05, 3.63) is 96.1 Å². The molecule has 34 heavy (non-hydrogen) atoms. The van der Waals surface area contributed by atoms with Crippen molar-refractivity contribution in [3.8, 4) is 5.82 Å². The number of anilines is 2. The molecule has 9 heteroatoms. The van der Waals surface area contributed by atoms with Crippen LogP contribution in [0.3, 0.4) is 0 Å². The number of carbonyl (C=O) groups excluding carboxylic acids is 1. The van der Waals surface area contributed by atoms with Crippen LogP contribution in [0, 0.1) is 6.92 Å². The molecule has 2 aromatic carbocycles. The third-order valence-electron chi connectivity index (χ3n) is 5.53. The minimum absolute atomic E-state index is 0.193. The average molecular weight is 454 g/mol. The summed E-state index contributed by atoms with van der Waals surface area (Å²) in [4.78, 5) is 21.9. The quantitative estimate of drug-likeness (QED) is 0.298. The highest BCUT2D eigenvalue weighted by Crippen LogP contribution is 2.21. The summed E-state index contributed by atoms with van der Waals surface area (Å²) in [6.45, 7) is 1.72. The van der Waals surface area contributed by atoms with Gasteiger partial charge in [-0.2, -0.15) is 10.1 Å². The summed E-state index contributed by atoms with van der Waals surface area (Å²) >= 11 is 0. The lowest BCUT2D eigenvalue weighted by Gasteiger charge is -2.16. The lowest BCUT2D eigenvalue weighted by atomic mass is 10.1. The number of aromatic amines is 1. The van der Waals surface area contributed by atoms with E-state index in [0.717, 1.165) is 27.7 Å². The number of fused-ring (bicyclic) bond motifs is 1. The van der Waals surface area contributed by atoms with E-state index in [1.807, 2.05) is 55.5 Å². The first-order valence-corrected chi connectivity index (χ1v) is 10.8. The maximum Gasteiger partial charge on any atom is 0.253 e. The summed E-state index contributed by atoms with van der Waals surface area (Å²) in [6.07, 6.45) is 6.99. The van der Waals surface area contributed by atoms with Gasteiger partial charge in [-0.1, -0.05) is 30.3 Å². The lowest BCUT2D eigenvalue weighted by molar-refractivity contribution is 0.0916. The monoisotopic (exact) mass is 453 g/mol. The van der Waals surface area contributed by atoms with Gasteiger partial charge in [-0.3, -0.25) is 9.89 Å². The standard InChI is InChI=1S/C25H23N7O2/c1-16-12-26-25(28-20-7-8-21-19(11-20)13-27-31-21)30-23(16)32-10-9-18(14-32)24(34)29-22(15-33)17-5-3-2-4-6-17/h2-14,22,33H,15H2,1H3,(H,27,31)(H,29,34)(H,26,28,30). The second-order valence-corrected chi connectivity index (χ2v) is 7.92. The van der Waals surface area contributed by atoms with Crippen LogP contribution in [0.4, 0.5) is 11.6 Å². The van der Waals surface area contributed by atoms with Crippen LogP contribution in [-0.2, 0) is 0 Å². The Balaban J connectivity index is 1.35. The molecule has 3 aromatic heterocycles. The molecule has 5 aromatic rings. The van der Waals surface area contributed by atoms with Crippen molar-refractivity contribution in [2.45, 2.75) is 13.0 Å². The highest BCUT2D eigenvalue weighted by Gasteiger charge is 2.16. The first kappa shape index (κ1) is 21.4. The Morgan fingerprint density at radius 3 is 2.82 bits per heavy atom. The van der Waals surface area contributed by atoms with Gasteiger partial charge in [-0.05, 0) is 36.8 Å². The molecule has 0 spiro atoms. The second-order valence-electron chi connectivity index (χ2n) is 7.92. The summed E-state index contributed by atoms with van der Waals surface area (Å²) in [5.74, 6) is 0.815. The number of carbonyl (C=O) groups is 1. The van der Waals surface area contributed by atoms with E-state index in [0.29, 0.717) is 17.3 Å². The Morgan fingerprint density at radius 1 is 1.15 bits per heavy atom. The van der Waals surface area contributed by atoms with Crippen LogP contribution in [0.5, 0.6) is 0 Å². The summed E-state index contributed by atoms with van der Waals surface area (Å²) in [5, 5.41) is 23.8. The molecule has 3 heterocycles. The number of nitrogens with zero attached hydrogens (tertiary/aromatic N) is 4. The summed E-state index contributed by atoms with van der Waals surface area (Å²) in [7, 11) is 0. The van der Waals surface area contributed by atoms with Crippen LogP contribution in [-0.4, -0.2) is 42.4 Å². The largest absolute Gasteiger partial charge is 0.394 e. The third kappa shape index (κ3) is 4.37. The van der Waals surface area contributed by atoms with Gasteiger partial charge in [0.05, 0.1) is 29.9 Å². The molecule has 0 fully saturated rings. The van der Waals surface area contributed by atoms with Crippen LogP contribution in [0.15, 0.2) is 79.4 Å². The molecule has 0 aliphatic heterocycles. The zero-order valence-electron chi connectivity index (χ0n) is 18.4. The smallest absolute Gasteiger partial charge is 0.253 e. The van der Waals surface area contributed by atoms with Gasteiger partial charge in [-0.25, -0.2) is 4.98 Å². The number of rotatable bonds is 7. The summed E-state index contributed by atoms with van der Waals surface area (Å²) in [5.41, 5.74) is 3.95. The zero-order chi connectivity index (χ0) is 23.5. The van der Waals surface area contributed by atoms with Crippen LogP contribution in [0.2, 0.25) is 0 Å². The predicted octanol–water partition coefficient (Wildman–Crippen LogP) is 3.66. The normalized spacial score (nSPS) is 11.9. The minimum atomic E-state index is -0.485. The molecule has 0 radical (unpaired) electrons. The number of aliphatic hydroxyl groups excluding tert-OH is 1. The molecule has 0 saturated heterocycles. The predicted molar refractivity (Wildman–Crippen MR) is 129 cm³/mol. The molecule has 0 aliphatic carbocycles. The fourth-order valence-electron chi connectivity index (χ4n) is 3.73. The Labute approximate surface area is 195 Å². The van der Waals surface area contributed by atoms with Crippen LogP contribution < -0.4 is 10.6 Å². The highest BCUT2D eigenvalue weighted by atomic mass is 16.3. The molecule has 1 amide bonds. The van der Waals surface area contributed by atoms with Crippen molar-refractivity contribution in [3.63, 3.8) is 0 Å².